The molecule has 0 saturated heterocycles. The predicted octanol–water partition coefficient (Wildman–Crippen LogP) is 0.785. The molecule has 2 aliphatic rings. The van der Waals surface area contributed by atoms with Crippen molar-refractivity contribution in [2.45, 2.75) is 58.8 Å². The number of unbranched alkanes of at least 4 members (excludes halogenated alkanes) is 3. The van der Waals surface area contributed by atoms with Gasteiger partial charge in [-0.1, -0.05) is 32.6 Å². The largest absolute Gasteiger partial charge is 0.342 e. The standard InChI is InChI=1S/C17H26N4O2/c1-4-7-8-9-10-13-15(11-18)14(20)21-17(22-5-2,23-6-3)16(13,15)12-19/h13H,4-10H2,1-3H3,(H2,20,21)/p+1/t13-,15-,16-/m1/s1. The van der Waals surface area contributed by atoms with E-state index in [1.807, 2.05) is 13.8 Å². The first kappa shape index (κ1) is 17.7. The molecule has 2 rings (SSSR count). The summed E-state index contributed by atoms with van der Waals surface area (Å²) in [6.45, 7) is 6.58. The second-order valence-corrected chi connectivity index (χ2v) is 6.26. The second kappa shape index (κ2) is 6.47. The van der Waals surface area contributed by atoms with E-state index in [4.69, 9.17) is 15.2 Å². The lowest BCUT2D eigenvalue weighted by molar-refractivity contribution is -0.693. The number of nitrogens with one attached hydrogen (secondary N) is 1. The van der Waals surface area contributed by atoms with E-state index in [1.54, 1.807) is 0 Å². The van der Waals surface area contributed by atoms with Crippen LogP contribution in [0.25, 0.3) is 0 Å². The summed E-state index contributed by atoms with van der Waals surface area (Å²) in [5, 5.41) is 19.8. The van der Waals surface area contributed by atoms with Crippen LogP contribution < -0.4 is 10.7 Å². The lowest BCUT2D eigenvalue weighted by atomic mass is 9.93. The van der Waals surface area contributed by atoms with Crippen molar-refractivity contribution < 1.29 is 14.5 Å². The SMILES string of the molecule is CCCCCC[C@@H]1[C@]2(C#N)C(N)=[NH+]C(OCC)(OCC)[C@]12C#N. The molecule has 0 aromatic rings. The van der Waals surface area contributed by atoms with Gasteiger partial charge in [-0.15, -0.1) is 0 Å². The van der Waals surface area contributed by atoms with Crippen LogP contribution in [0.3, 0.4) is 0 Å². The van der Waals surface area contributed by atoms with E-state index in [0.29, 0.717) is 19.0 Å². The van der Waals surface area contributed by atoms with Crippen molar-refractivity contribution >= 4 is 5.84 Å². The Labute approximate surface area is 138 Å². The number of hydrogen-bond acceptors (Lipinski definition) is 5. The molecule has 6 nitrogen and oxygen atoms in total. The molecule has 1 saturated carbocycles. The second-order valence-electron chi connectivity index (χ2n) is 6.26. The minimum Gasteiger partial charge on any atom is -0.314 e. The summed E-state index contributed by atoms with van der Waals surface area (Å²) in [4.78, 5) is 2.99. The first-order valence-electron chi connectivity index (χ1n) is 8.58. The maximum Gasteiger partial charge on any atom is 0.342 e. The van der Waals surface area contributed by atoms with Gasteiger partial charge in [0.1, 0.15) is 0 Å². The van der Waals surface area contributed by atoms with Crippen LogP contribution in [0.4, 0.5) is 0 Å². The van der Waals surface area contributed by atoms with Gasteiger partial charge in [0.2, 0.25) is 0 Å². The summed E-state index contributed by atoms with van der Waals surface area (Å²) >= 11 is 0. The highest BCUT2D eigenvalue weighted by atomic mass is 16.7. The molecule has 1 heterocycles. The fourth-order valence-corrected chi connectivity index (χ4v) is 4.24. The van der Waals surface area contributed by atoms with Crippen molar-refractivity contribution in [1.82, 2.24) is 0 Å². The molecule has 3 N–H and O–H groups in total. The molecule has 0 unspecified atom stereocenters. The molecule has 0 amide bonds. The summed E-state index contributed by atoms with van der Waals surface area (Å²) in [6, 6.07) is 4.66. The highest BCUT2D eigenvalue weighted by Crippen LogP contribution is 2.75. The van der Waals surface area contributed by atoms with Crippen molar-refractivity contribution in [3.63, 3.8) is 0 Å². The minimum atomic E-state index is -1.32. The maximum absolute atomic E-state index is 9.97. The summed E-state index contributed by atoms with van der Waals surface area (Å²) < 4.78 is 11.7. The number of rotatable bonds is 9. The van der Waals surface area contributed by atoms with Crippen molar-refractivity contribution in [3.8, 4) is 12.1 Å². The van der Waals surface area contributed by atoms with E-state index in [-0.39, 0.29) is 5.92 Å². The van der Waals surface area contributed by atoms with Gasteiger partial charge in [-0.05, 0) is 20.3 Å². The van der Waals surface area contributed by atoms with Crippen LogP contribution in [-0.4, -0.2) is 25.0 Å². The lowest BCUT2D eigenvalue weighted by Gasteiger charge is -2.29. The topological polar surface area (TPSA) is 106 Å². The van der Waals surface area contributed by atoms with E-state index in [1.165, 1.54) is 0 Å². The zero-order valence-corrected chi connectivity index (χ0v) is 14.3. The molecule has 1 aliphatic heterocycles. The number of nitrogens with zero attached hydrogens (tertiary/aromatic N) is 2. The van der Waals surface area contributed by atoms with Gasteiger partial charge in [-0.3, -0.25) is 5.73 Å². The number of ether oxygens (including phenoxy) is 2. The van der Waals surface area contributed by atoms with Crippen LogP contribution in [0.5, 0.6) is 0 Å². The molecular formula is C17H27N4O2+. The van der Waals surface area contributed by atoms with Crippen LogP contribution in [0.1, 0.15) is 52.9 Å². The fraction of sp³-hybridized carbons (Fsp3) is 0.824. The molecule has 1 fully saturated rings. The zero-order valence-electron chi connectivity index (χ0n) is 14.3. The van der Waals surface area contributed by atoms with Crippen molar-refractivity contribution in [2.75, 3.05) is 13.2 Å². The van der Waals surface area contributed by atoms with Gasteiger partial charge in [-0.25, -0.2) is 4.99 Å². The Hall–Kier alpha value is -1.63. The Morgan fingerprint density at radius 2 is 1.74 bits per heavy atom. The van der Waals surface area contributed by atoms with Gasteiger partial charge < -0.3 is 9.47 Å². The van der Waals surface area contributed by atoms with Crippen molar-refractivity contribution in [2.24, 2.45) is 22.5 Å². The predicted molar refractivity (Wildman–Crippen MR) is 84.5 cm³/mol. The van der Waals surface area contributed by atoms with Crippen LogP contribution >= 0.6 is 0 Å². The van der Waals surface area contributed by atoms with E-state index in [9.17, 15) is 10.5 Å². The lowest BCUT2D eigenvalue weighted by Crippen LogP contribution is -2.91. The van der Waals surface area contributed by atoms with Gasteiger partial charge in [-0.2, -0.15) is 10.5 Å². The molecule has 3 atom stereocenters. The van der Waals surface area contributed by atoms with Gasteiger partial charge in [0, 0.05) is 5.92 Å². The highest BCUT2D eigenvalue weighted by molar-refractivity contribution is 5.93. The molecule has 23 heavy (non-hydrogen) atoms. The van der Waals surface area contributed by atoms with Gasteiger partial charge in [0.25, 0.3) is 5.84 Å². The fourth-order valence-electron chi connectivity index (χ4n) is 4.24. The van der Waals surface area contributed by atoms with Gasteiger partial charge in [0.05, 0.1) is 25.4 Å². The average Bonchev–Trinajstić information content (AvgIpc) is 3.08. The van der Waals surface area contributed by atoms with Crippen LogP contribution in [0.15, 0.2) is 0 Å². The highest BCUT2D eigenvalue weighted by Gasteiger charge is 2.96. The van der Waals surface area contributed by atoms with Crippen LogP contribution in [0.2, 0.25) is 0 Å². The molecular weight excluding hydrogens is 292 g/mol. The minimum absolute atomic E-state index is 0.152. The number of nitriles is 2. The summed E-state index contributed by atoms with van der Waals surface area (Å²) in [6.07, 6.45) is 5.17. The molecule has 6 heteroatoms. The molecule has 0 aromatic carbocycles. The van der Waals surface area contributed by atoms with Crippen molar-refractivity contribution in [1.29, 1.82) is 10.5 Å². The van der Waals surface area contributed by atoms with E-state index >= 15 is 0 Å². The first-order valence-corrected chi connectivity index (χ1v) is 8.58. The number of amidine groups is 1. The van der Waals surface area contributed by atoms with E-state index in [2.05, 4.69) is 24.1 Å². The Morgan fingerprint density at radius 1 is 1.09 bits per heavy atom. The zero-order chi connectivity index (χ0) is 17.1. The third kappa shape index (κ3) is 2.09. The Morgan fingerprint density at radius 3 is 2.22 bits per heavy atom. The molecule has 0 aromatic heterocycles. The normalized spacial score (nSPS) is 33.4. The summed E-state index contributed by atoms with van der Waals surface area (Å²) in [5.41, 5.74) is 4.07. The Bertz CT molecular complexity index is 556. The van der Waals surface area contributed by atoms with Crippen LogP contribution in [-0.2, 0) is 9.47 Å². The number of fused-ring (bicyclic) bond motifs is 1. The number of hydrogen-bond donors (Lipinski definition) is 2. The molecule has 0 bridgehead atoms. The number of nitrogens with two attached hydrogens (primary N) is 1. The first-order chi connectivity index (χ1) is 11.1. The van der Waals surface area contributed by atoms with E-state index in [0.717, 1.165) is 32.1 Å². The molecule has 0 spiro atoms. The summed E-state index contributed by atoms with van der Waals surface area (Å²) in [5.74, 6) is -1.16. The molecule has 0 radical (unpaired) electrons. The monoisotopic (exact) mass is 319 g/mol. The average molecular weight is 319 g/mol. The molecule has 1 aliphatic carbocycles. The maximum atomic E-state index is 9.97. The smallest absolute Gasteiger partial charge is 0.314 e. The third-order valence-corrected chi connectivity index (χ3v) is 5.22. The summed E-state index contributed by atoms with van der Waals surface area (Å²) in [7, 11) is 0. The van der Waals surface area contributed by atoms with Gasteiger partial charge in [0.15, 0.2) is 10.8 Å². The van der Waals surface area contributed by atoms with Crippen molar-refractivity contribution in [3.05, 3.63) is 0 Å². The van der Waals surface area contributed by atoms with E-state index < -0.39 is 16.7 Å². The third-order valence-electron chi connectivity index (χ3n) is 5.22. The Balaban J connectivity index is 2.35. The molecule has 126 valence electrons. The Kier molecular flexibility index (Phi) is 4.98. The quantitative estimate of drug-likeness (QED) is 0.482. The van der Waals surface area contributed by atoms with Crippen LogP contribution in [0, 0.1) is 39.4 Å². The van der Waals surface area contributed by atoms with Gasteiger partial charge >= 0.3 is 5.91 Å².